The highest BCUT2D eigenvalue weighted by atomic mass is 19.1. The Morgan fingerprint density at radius 2 is 1.62 bits per heavy atom. The van der Waals surface area contributed by atoms with Crippen LogP contribution in [-0.2, 0) is 14.4 Å². The normalized spacial score (nSPS) is 13.3. The van der Waals surface area contributed by atoms with E-state index in [1.807, 2.05) is 6.92 Å². The van der Waals surface area contributed by atoms with Crippen molar-refractivity contribution < 1.29 is 23.5 Å². The van der Waals surface area contributed by atoms with E-state index in [9.17, 15) is 18.8 Å². The number of carbonyl (C=O) groups excluding carboxylic acids is 3. The van der Waals surface area contributed by atoms with Crippen LogP contribution in [0.15, 0.2) is 78.5 Å². The Hall–Kier alpha value is -4.46. The third-order valence-electron chi connectivity index (χ3n) is 5.08. The van der Waals surface area contributed by atoms with Crippen LogP contribution >= 0.6 is 0 Å². The van der Waals surface area contributed by atoms with Crippen molar-refractivity contribution >= 4 is 40.4 Å². The molecule has 0 saturated carbocycles. The molecule has 3 aromatic carbocycles. The van der Waals surface area contributed by atoms with Gasteiger partial charge in [-0.1, -0.05) is 18.2 Å². The summed E-state index contributed by atoms with van der Waals surface area (Å²) in [5, 5.41) is 5.71. The van der Waals surface area contributed by atoms with Crippen molar-refractivity contribution in [2.75, 3.05) is 22.1 Å². The molecule has 0 aliphatic carbocycles. The summed E-state index contributed by atoms with van der Waals surface area (Å²) in [5.41, 5.74) is 1.93. The molecule has 3 amide bonds. The molecule has 1 aliphatic heterocycles. The first-order valence-corrected chi connectivity index (χ1v) is 10.6. The summed E-state index contributed by atoms with van der Waals surface area (Å²) in [6, 6.07) is 18.8. The van der Waals surface area contributed by atoms with Crippen LogP contribution in [0.4, 0.5) is 21.5 Å². The molecule has 1 heterocycles. The minimum Gasteiger partial charge on any atom is -0.494 e. The minimum atomic E-state index is -0.606. The fourth-order valence-corrected chi connectivity index (χ4v) is 3.63. The van der Waals surface area contributed by atoms with E-state index in [2.05, 4.69) is 10.6 Å². The fourth-order valence-electron chi connectivity index (χ4n) is 3.63. The van der Waals surface area contributed by atoms with Crippen LogP contribution < -0.4 is 20.3 Å². The summed E-state index contributed by atoms with van der Waals surface area (Å²) in [4.78, 5) is 39.1. The molecular formula is C26H22FN3O4. The van der Waals surface area contributed by atoms with Crippen LogP contribution in [0.2, 0.25) is 0 Å². The van der Waals surface area contributed by atoms with Crippen LogP contribution in [0.25, 0.3) is 5.57 Å². The number of nitrogens with zero attached hydrogens (tertiary/aromatic N) is 1. The standard InChI is InChI=1S/C26H22FN3O4/c1-3-34-22-13-11-20(12-14-22)29-24-23(17-7-9-19(10-8-17)28-16(2)31)25(32)30(26(24)33)21-6-4-5-18(27)15-21/h4-15,29H,3H2,1-2H3,(H,28,31). The average molecular weight is 459 g/mol. The van der Waals surface area contributed by atoms with Gasteiger partial charge in [0.1, 0.15) is 17.3 Å². The SMILES string of the molecule is CCOc1ccc(NC2=C(c3ccc(NC(C)=O)cc3)C(=O)N(c3cccc(F)c3)C2=O)cc1. The second-order valence-corrected chi connectivity index (χ2v) is 7.52. The van der Waals surface area contributed by atoms with Gasteiger partial charge in [0.15, 0.2) is 0 Å². The van der Waals surface area contributed by atoms with Gasteiger partial charge in [0.25, 0.3) is 11.8 Å². The highest BCUT2D eigenvalue weighted by molar-refractivity contribution is 6.46. The smallest absolute Gasteiger partial charge is 0.282 e. The van der Waals surface area contributed by atoms with E-state index in [0.717, 1.165) is 11.0 Å². The van der Waals surface area contributed by atoms with Crippen LogP contribution in [0, 0.1) is 5.82 Å². The van der Waals surface area contributed by atoms with Crippen molar-refractivity contribution in [3.05, 3.63) is 89.9 Å². The van der Waals surface area contributed by atoms with Gasteiger partial charge in [-0.2, -0.15) is 0 Å². The van der Waals surface area contributed by atoms with Gasteiger partial charge in [0.05, 0.1) is 17.9 Å². The first-order chi connectivity index (χ1) is 16.4. The van der Waals surface area contributed by atoms with Crippen molar-refractivity contribution in [1.82, 2.24) is 0 Å². The monoisotopic (exact) mass is 459 g/mol. The van der Waals surface area contributed by atoms with Crippen molar-refractivity contribution in [3.8, 4) is 5.75 Å². The van der Waals surface area contributed by atoms with E-state index in [0.29, 0.717) is 29.3 Å². The van der Waals surface area contributed by atoms with Crippen molar-refractivity contribution in [2.45, 2.75) is 13.8 Å². The lowest BCUT2D eigenvalue weighted by atomic mass is 10.0. The summed E-state index contributed by atoms with van der Waals surface area (Å²) >= 11 is 0. The number of nitrogens with one attached hydrogen (secondary N) is 2. The van der Waals surface area contributed by atoms with Gasteiger partial charge in [-0.25, -0.2) is 9.29 Å². The molecule has 0 bridgehead atoms. The van der Waals surface area contributed by atoms with Gasteiger partial charge in [0, 0.05) is 18.3 Å². The number of amides is 3. The Kier molecular flexibility index (Phi) is 6.40. The third kappa shape index (κ3) is 4.66. The molecule has 172 valence electrons. The van der Waals surface area contributed by atoms with Crippen LogP contribution in [0.1, 0.15) is 19.4 Å². The zero-order chi connectivity index (χ0) is 24.2. The maximum Gasteiger partial charge on any atom is 0.282 e. The predicted molar refractivity (Wildman–Crippen MR) is 128 cm³/mol. The number of anilines is 3. The van der Waals surface area contributed by atoms with Crippen molar-refractivity contribution in [3.63, 3.8) is 0 Å². The summed E-state index contributed by atoms with van der Waals surface area (Å²) < 4.78 is 19.3. The summed E-state index contributed by atoms with van der Waals surface area (Å²) in [7, 11) is 0. The predicted octanol–water partition coefficient (Wildman–Crippen LogP) is 4.58. The molecule has 0 saturated heterocycles. The molecule has 0 atom stereocenters. The Labute approximate surface area is 195 Å². The van der Waals surface area contributed by atoms with E-state index in [1.165, 1.54) is 25.1 Å². The summed E-state index contributed by atoms with van der Waals surface area (Å²) in [6.45, 7) is 3.79. The lowest BCUT2D eigenvalue weighted by Crippen LogP contribution is -2.32. The maximum absolute atomic E-state index is 13.9. The van der Waals surface area contributed by atoms with Crippen LogP contribution in [0.5, 0.6) is 5.75 Å². The number of benzene rings is 3. The second-order valence-electron chi connectivity index (χ2n) is 7.52. The van der Waals surface area contributed by atoms with Gasteiger partial charge in [-0.15, -0.1) is 0 Å². The van der Waals surface area contributed by atoms with Crippen LogP contribution in [0.3, 0.4) is 0 Å². The molecule has 4 rings (SSSR count). The highest BCUT2D eigenvalue weighted by Gasteiger charge is 2.40. The largest absolute Gasteiger partial charge is 0.494 e. The van der Waals surface area contributed by atoms with E-state index in [-0.39, 0.29) is 22.9 Å². The number of imide groups is 1. The van der Waals surface area contributed by atoms with Crippen molar-refractivity contribution in [1.29, 1.82) is 0 Å². The van der Waals surface area contributed by atoms with Gasteiger partial charge < -0.3 is 15.4 Å². The van der Waals surface area contributed by atoms with Crippen LogP contribution in [-0.4, -0.2) is 24.3 Å². The maximum atomic E-state index is 13.9. The first-order valence-electron chi connectivity index (χ1n) is 10.6. The molecule has 3 aromatic rings. The zero-order valence-electron chi connectivity index (χ0n) is 18.6. The van der Waals surface area contributed by atoms with E-state index < -0.39 is 17.6 Å². The lowest BCUT2D eigenvalue weighted by molar-refractivity contribution is -0.120. The lowest BCUT2D eigenvalue weighted by Gasteiger charge is -2.15. The number of hydrogen-bond donors (Lipinski definition) is 2. The molecule has 0 unspecified atom stereocenters. The molecule has 0 fully saturated rings. The molecule has 7 nitrogen and oxygen atoms in total. The Morgan fingerprint density at radius 3 is 2.24 bits per heavy atom. The molecule has 0 radical (unpaired) electrons. The molecule has 0 spiro atoms. The molecular weight excluding hydrogens is 437 g/mol. The van der Waals surface area contributed by atoms with Gasteiger partial charge in [0.2, 0.25) is 5.91 Å². The first kappa shape index (κ1) is 22.7. The Balaban J connectivity index is 1.75. The van der Waals surface area contributed by atoms with Gasteiger partial charge in [-0.05, 0) is 67.1 Å². The topological polar surface area (TPSA) is 87.7 Å². The number of halogens is 1. The molecule has 34 heavy (non-hydrogen) atoms. The van der Waals surface area contributed by atoms with Gasteiger partial charge in [-0.3, -0.25) is 14.4 Å². The number of hydrogen-bond acceptors (Lipinski definition) is 5. The molecule has 1 aliphatic rings. The van der Waals surface area contributed by atoms with Gasteiger partial charge >= 0.3 is 0 Å². The summed E-state index contributed by atoms with van der Waals surface area (Å²) in [6.07, 6.45) is 0. The van der Waals surface area contributed by atoms with E-state index >= 15 is 0 Å². The number of carbonyl (C=O) groups is 3. The molecule has 8 heteroatoms. The second kappa shape index (κ2) is 9.58. The van der Waals surface area contributed by atoms with Crippen molar-refractivity contribution in [2.24, 2.45) is 0 Å². The zero-order valence-corrected chi connectivity index (χ0v) is 18.6. The molecule has 2 N–H and O–H groups in total. The Bertz CT molecular complexity index is 1280. The quantitative estimate of drug-likeness (QED) is 0.505. The minimum absolute atomic E-state index is 0.0608. The van der Waals surface area contributed by atoms with E-state index in [1.54, 1.807) is 48.5 Å². The van der Waals surface area contributed by atoms with E-state index in [4.69, 9.17) is 4.74 Å². The third-order valence-corrected chi connectivity index (χ3v) is 5.08. The molecule has 0 aromatic heterocycles. The highest BCUT2D eigenvalue weighted by Crippen LogP contribution is 2.34. The Morgan fingerprint density at radius 1 is 0.941 bits per heavy atom. The summed E-state index contributed by atoms with van der Waals surface area (Å²) in [5.74, 6) is -1.31. The number of ether oxygens (including phenoxy) is 1. The number of rotatable bonds is 7. The average Bonchev–Trinajstić information content (AvgIpc) is 3.05. The fraction of sp³-hybridized carbons (Fsp3) is 0.115.